The maximum Gasteiger partial charge on any atom is 0.0346 e. The van der Waals surface area contributed by atoms with Gasteiger partial charge in [-0.25, -0.2) is 0 Å². The monoisotopic (exact) mass is 209 g/mol. The molecule has 0 aliphatic rings. The Morgan fingerprint density at radius 1 is 1.06 bits per heavy atom. The minimum absolute atomic E-state index is 1.03. The van der Waals surface area contributed by atoms with Gasteiger partial charge < -0.3 is 0 Å². The third-order valence-corrected chi connectivity index (χ3v) is 2.47. The van der Waals surface area contributed by atoms with Crippen LogP contribution in [0.15, 0.2) is 60.9 Å². The van der Waals surface area contributed by atoms with Gasteiger partial charge in [0, 0.05) is 18.0 Å². The summed E-state index contributed by atoms with van der Waals surface area (Å²) in [5.74, 6) is 0. The van der Waals surface area contributed by atoms with Crippen LogP contribution in [0.4, 0.5) is 0 Å². The van der Waals surface area contributed by atoms with E-state index < -0.39 is 0 Å². The highest BCUT2D eigenvalue weighted by molar-refractivity contribution is 5.79. The van der Waals surface area contributed by atoms with Crippen molar-refractivity contribution in [1.29, 1.82) is 0 Å². The van der Waals surface area contributed by atoms with Crippen molar-refractivity contribution in [3.63, 3.8) is 0 Å². The normalized spacial score (nSPS) is 11.4. The number of benzene rings is 1. The minimum Gasteiger partial charge on any atom is -0.264 e. The smallest absolute Gasteiger partial charge is 0.0346 e. The van der Waals surface area contributed by atoms with Crippen LogP contribution >= 0.6 is 0 Å². The highest BCUT2D eigenvalue weighted by Gasteiger charge is 2.02. The molecule has 0 bridgehead atoms. The molecule has 0 saturated carbocycles. The average molecular weight is 209 g/mol. The lowest BCUT2D eigenvalue weighted by atomic mass is 9.98. The van der Waals surface area contributed by atoms with Crippen LogP contribution in [0.2, 0.25) is 0 Å². The van der Waals surface area contributed by atoms with Crippen molar-refractivity contribution < 1.29 is 0 Å². The molecule has 0 spiro atoms. The molecule has 0 unspecified atom stereocenters. The molecule has 80 valence electrons. The summed E-state index contributed by atoms with van der Waals surface area (Å²) in [7, 11) is 0. The molecule has 1 heteroatoms. The highest BCUT2D eigenvalue weighted by atomic mass is 14.6. The Kier molecular flexibility index (Phi) is 3.50. The van der Waals surface area contributed by atoms with Crippen LogP contribution in [0, 0.1) is 0 Å². The first-order chi connectivity index (χ1) is 7.92. The van der Waals surface area contributed by atoms with Gasteiger partial charge in [0.15, 0.2) is 0 Å². The molecular weight excluding hydrogens is 194 g/mol. The third-order valence-electron chi connectivity index (χ3n) is 2.47. The van der Waals surface area contributed by atoms with Gasteiger partial charge in [0.1, 0.15) is 0 Å². The van der Waals surface area contributed by atoms with Crippen LogP contribution in [0.25, 0.3) is 5.57 Å². The van der Waals surface area contributed by atoms with Gasteiger partial charge in [-0.15, -0.1) is 0 Å². The number of rotatable bonds is 3. The van der Waals surface area contributed by atoms with Crippen LogP contribution < -0.4 is 0 Å². The summed E-state index contributed by atoms with van der Waals surface area (Å²) in [5.41, 5.74) is 3.68. The van der Waals surface area contributed by atoms with Crippen LogP contribution in [-0.2, 0) is 0 Å². The van der Waals surface area contributed by atoms with E-state index in [1.165, 1.54) is 16.7 Å². The molecule has 16 heavy (non-hydrogen) atoms. The molecule has 0 radical (unpaired) electrons. The summed E-state index contributed by atoms with van der Waals surface area (Å²) in [6, 6.07) is 14.5. The summed E-state index contributed by atoms with van der Waals surface area (Å²) >= 11 is 0. The van der Waals surface area contributed by atoms with Gasteiger partial charge in [-0.05, 0) is 23.6 Å². The Hall–Kier alpha value is -1.89. The molecule has 0 aliphatic carbocycles. The summed E-state index contributed by atoms with van der Waals surface area (Å²) in [5, 5.41) is 0. The maximum absolute atomic E-state index is 4.17. The first-order valence-electron chi connectivity index (χ1n) is 5.58. The molecule has 1 nitrogen and oxygen atoms in total. The van der Waals surface area contributed by atoms with Gasteiger partial charge in [0.05, 0.1) is 0 Å². The zero-order chi connectivity index (χ0) is 11.2. The van der Waals surface area contributed by atoms with E-state index in [1.807, 2.05) is 18.3 Å². The van der Waals surface area contributed by atoms with E-state index in [1.54, 1.807) is 6.20 Å². The Morgan fingerprint density at radius 3 is 2.44 bits per heavy atom. The summed E-state index contributed by atoms with van der Waals surface area (Å²) in [4.78, 5) is 4.17. The van der Waals surface area contributed by atoms with Crippen LogP contribution in [0.3, 0.4) is 0 Å². The first kappa shape index (κ1) is 10.6. The standard InChI is InChI=1S/C15H15N/c1-2-7-15(13-8-4-3-5-9-13)14-10-6-11-16-12-14/h3-12H,2H2,1H3. The Balaban J connectivity index is 2.44. The van der Waals surface area contributed by atoms with Crippen LogP contribution in [-0.4, -0.2) is 4.98 Å². The van der Waals surface area contributed by atoms with E-state index in [9.17, 15) is 0 Å². The number of hydrogen-bond donors (Lipinski definition) is 0. The van der Waals surface area contributed by atoms with Gasteiger partial charge in [-0.3, -0.25) is 4.98 Å². The fourth-order valence-electron chi connectivity index (χ4n) is 1.75. The number of aromatic nitrogens is 1. The highest BCUT2D eigenvalue weighted by Crippen LogP contribution is 2.22. The minimum atomic E-state index is 1.03. The number of nitrogens with zero attached hydrogens (tertiary/aromatic N) is 1. The summed E-state index contributed by atoms with van der Waals surface area (Å²) < 4.78 is 0. The summed E-state index contributed by atoms with van der Waals surface area (Å²) in [6.45, 7) is 2.15. The third kappa shape index (κ3) is 2.37. The average Bonchev–Trinajstić information content (AvgIpc) is 2.38. The molecule has 1 aromatic heterocycles. The SMILES string of the molecule is CCC=C(c1ccccc1)c1cccnc1. The topological polar surface area (TPSA) is 12.9 Å². The lowest BCUT2D eigenvalue weighted by Crippen LogP contribution is -1.88. The van der Waals surface area contributed by atoms with Crippen molar-refractivity contribution in [2.75, 3.05) is 0 Å². The van der Waals surface area contributed by atoms with E-state index in [-0.39, 0.29) is 0 Å². The zero-order valence-corrected chi connectivity index (χ0v) is 9.43. The maximum atomic E-state index is 4.17. The van der Waals surface area contributed by atoms with Gasteiger partial charge in [-0.1, -0.05) is 49.4 Å². The second-order valence-electron chi connectivity index (χ2n) is 3.63. The van der Waals surface area contributed by atoms with Crippen molar-refractivity contribution in [2.45, 2.75) is 13.3 Å². The van der Waals surface area contributed by atoms with Crippen molar-refractivity contribution >= 4 is 5.57 Å². The lowest BCUT2D eigenvalue weighted by Gasteiger charge is -2.07. The largest absolute Gasteiger partial charge is 0.264 e. The van der Waals surface area contributed by atoms with Gasteiger partial charge in [0.25, 0.3) is 0 Å². The van der Waals surface area contributed by atoms with Crippen molar-refractivity contribution in [2.24, 2.45) is 0 Å². The van der Waals surface area contributed by atoms with Gasteiger partial charge in [0.2, 0.25) is 0 Å². The van der Waals surface area contributed by atoms with Crippen molar-refractivity contribution in [3.8, 4) is 0 Å². The fraction of sp³-hybridized carbons (Fsp3) is 0.133. The van der Waals surface area contributed by atoms with Crippen LogP contribution in [0.5, 0.6) is 0 Å². The predicted molar refractivity (Wildman–Crippen MR) is 68.0 cm³/mol. The molecule has 1 aromatic carbocycles. The number of hydrogen-bond acceptors (Lipinski definition) is 1. The van der Waals surface area contributed by atoms with E-state index in [0.717, 1.165) is 6.42 Å². The van der Waals surface area contributed by atoms with E-state index in [2.05, 4.69) is 48.3 Å². The molecule has 0 saturated heterocycles. The second-order valence-corrected chi connectivity index (χ2v) is 3.63. The Morgan fingerprint density at radius 2 is 1.81 bits per heavy atom. The number of pyridine rings is 1. The predicted octanol–water partition coefficient (Wildman–Crippen LogP) is 3.92. The molecular formula is C15H15N. The zero-order valence-electron chi connectivity index (χ0n) is 9.43. The van der Waals surface area contributed by atoms with E-state index in [0.29, 0.717) is 0 Å². The van der Waals surface area contributed by atoms with Crippen LogP contribution in [0.1, 0.15) is 24.5 Å². The Bertz CT molecular complexity index is 416. The molecule has 1 heterocycles. The fourth-order valence-corrected chi connectivity index (χ4v) is 1.75. The molecule has 2 rings (SSSR count). The van der Waals surface area contributed by atoms with Gasteiger partial charge >= 0.3 is 0 Å². The second kappa shape index (κ2) is 5.26. The van der Waals surface area contributed by atoms with Gasteiger partial charge in [-0.2, -0.15) is 0 Å². The quantitative estimate of drug-likeness (QED) is 0.746. The van der Waals surface area contributed by atoms with Crippen molar-refractivity contribution in [1.82, 2.24) is 4.98 Å². The van der Waals surface area contributed by atoms with E-state index >= 15 is 0 Å². The number of allylic oxidation sites excluding steroid dienone is 1. The van der Waals surface area contributed by atoms with E-state index in [4.69, 9.17) is 0 Å². The lowest BCUT2D eigenvalue weighted by molar-refractivity contribution is 1.22. The Labute approximate surface area is 96.5 Å². The van der Waals surface area contributed by atoms with Crippen molar-refractivity contribution in [3.05, 3.63) is 72.1 Å². The molecule has 0 N–H and O–H groups in total. The molecule has 0 aliphatic heterocycles. The molecule has 0 fully saturated rings. The molecule has 0 amide bonds. The first-order valence-corrected chi connectivity index (χ1v) is 5.58. The molecule has 2 aromatic rings. The summed E-state index contributed by atoms with van der Waals surface area (Å²) in [6.07, 6.45) is 6.98. The molecule has 0 atom stereocenters.